The van der Waals surface area contributed by atoms with Gasteiger partial charge in [-0.25, -0.2) is 9.59 Å². The van der Waals surface area contributed by atoms with Crippen molar-refractivity contribution in [3.05, 3.63) is 83.9 Å². The van der Waals surface area contributed by atoms with Crippen LogP contribution in [0.25, 0.3) is 11.1 Å². The van der Waals surface area contributed by atoms with Gasteiger partial charge in [-0.2, -0.15) is 0 Å². The van der Waals surface area contributed by atoms with Crippen molar-refractivity contribution >= 4 is 11.9 Å². The van der Waals surface area contributed by atoms with Crippen LogP contribution in [-0.2, 0) is 0 Å². The van der Waals surface area contributed by atoms with E-state index >= 15 is 0 Å². The Bertz CT molecular complexity index is 915. The standard InChI is InChI=1S/C20H14O5/c21-19(22)17-11-10-16(12-18(17)20(23)24)25-15-8-6-14(7-9-15)13-4-2-1-3-5-13/h1-12H,(H,21,22)(H,23,24). The zero-order chi connectivity index (χ0) is 17.8. The van der Waals surface area contributed by atoms with Crippen LogP contribution in [0, 0.1) is 0 Å². The van der Waals surface area contributed by atoms with Crippen molar-refractivity contribution in [2.75, 3.05) is 0 Å². The Morgan fingerprint density at radius 2 is 1.20 bits per heavy atom. The van der Waals surface area contributed by atoms with Gasteiger partial charge >= 0.3 is 11.9 Å². The van der Waals surface area contributed by atoms with Crippen LogP contribution >= 0.6 is 0 Å². The summed E-state index contributed by atoms with van der Waals surface area (Å²) in [4.78, 5) is 22.3. The van der Waals surface area contributed by atoms with Crippen molar-refractivity contribution in [2.24, 2.45) is 0 Å². The first kappa shape index (κ1) is 16.3. The number of aromatic carboxylic acids is 2. The number of hydrogen-bond acceptors (Lipinski definition) is 3. The highest BCUT2D eigenvalue weighted by molar-refractivity contribution is 6.02. The Labute approximate surface area is 143 Å². The normalized spacial score (nSPS) is 10.2. The summed E-state index contributed by atoms with van der Waals surface area (Å²) in [5.41, 5.74) is 1.51. The van der Waals surface area contributed by atoms with Gasteiger partial charge in [-0.1, -0.05) is 42.5 Å². The lowest BCUT2D eigenvalue weighted by atomic mass is 10.1. The van der Waals surface area contributed by atoms with Gasteiger partial charge in [0.05, 0.1) is 11.1 Å². The molecule has 3 aromatic rings. The molecule has 0 aliphatic carbocycles. The van der Waals surface area contributed by atoms with Crippen LogP contribution in [-0.4, -0.2) is 22.2 Å². The average molecular weight is 334 g/mol. The molecule has 0 aliphatic rings. The first-order valence-corrected chi connectivity index (χ1v) is 7.48. The SMILES string of the molecule is O=C(O)c1ccc(Oc2ccc(-c3ccccc3)cc2)cc1C(=O)O. The molecule has 3 rings (SSSR count). The summed E-state index contributed by atoms with van der Waals surface area (Å²) < 4.78 is 5.64. The van der Waals surface area contributed by atoms with E-state index in [2.05, 4.69) is 0 Å². The maximum absolute atomic E-state index is 11.2. The highest BCUT2D eigenvalue weighted by atomic mass is 16.5. The van der Waals surface area contributed by atoms with Gasteiger partial charge < -0.3 is 14.9 Å². The second-order valence-electron chi connectivity index (χ2n) is 5.31. The molecule has 0 bridgehead atoms. The largest absolute Gasteiger partial charge is 0.478 e. The highest BCUT2D eigenvalue weighted by Gasteiger charge is 2.17. The summed E-state index contributed by atoms with van der Waals surface area (Å²) >= 11 is 0. The molecule has 0 atom stereocenters. The van der Waals surface area contributed by atoms with Crippen molar-refractivity contribution in [1.82, 2.24) is 0 Å². The minimum absolute atomic E-state index is 0.259. The van der Waals surface area contributed by atoms with Gasteiger partial charge in [0.15, 0.2) is 0 Å². The number of carboxylic acids is 2. The molecular weight excluding hydrogens is 320 g/mol. The molecule has 5 nitrogen and oxygen atoms in total. The van der Waals surface area contributed by atoms with Crippen molar-refractivity contribution in [3.63, 3.8) is 0 Å². The van der Waals surface area contributed by atoms with Crippen LogP contribution in [0.5, 0.6) is 11.5 Å². The van der Waals surface area contributed by atoms with Crippen molar-refractivity contribution in [2.45, 2.75) is 0 Å². The smallest absolute Gasteiger partial charge is 0.336 e. The molecule has 5 heteroatoms. The molecule has 0 spiro atoms. The maximum atomic E-state index is 11.2. The zero-order valence-electron chi connectivity index (χ0n) is 13.0. The molecule has 0 heterocycles. The molecule has 0 amide bonds. The fraction of sp³-hybridized carbons (Fsp3) is 0. The van der Waals surface area contributed by atoms with Crippen LogP contribution in [0.15, 0.2) is 72.8 Å². The van der Waals surface area contributed by atoms with Gasteiger partial charge in [-0.3, -0.25) is 0 Å². The van der Waals surface area contributed by atoms with Gasteiger partial charge in [0, 0.05) is 0 Å². The highest BCUT2D eigenvalue weighted by Crippen LogP contribution is 2.27. The predicted molar refractivity (Wildman–Crippen MR) is 92.3 cm³/mol. The Hall–Kier alpha value is -3.60. The van der Waals surface area contributed by atoms with Gasteiger partial charge in [0.1, 0.15) is 11.5 Å². The van der Waals surface area contributed by atoms with E-state index in [0.29, 0.717) is 5.75 Å². The Morgan fingerprint density at radius 3 is 1.80 bits per heavy atom. The number of hydrogen-bond donors (Lipinski definition) is 2. The van der Waals surface area contributed by atoms with Crippen molar-refractivity contribution in [3.8, 4) is 22.6 Å². The summed E-state index contributed by atoms with van der Waals surface area (Å²) in [5, 5.41) is 18.2. The Balaban J connectivity index is 1.84. The van der Waals surface area contributed by atoms with Crippen LogP contribution in [0.4, 0.5) is 0 Å². The fourth-order valence-electron chi connectivity index (χ4n) is 2.43. The van der Waals surface area contributed by atoms with Gasteiger partial charge in [-0.15, -0.1) is 0 Å². The van der Waals surface area contributed by atoms with E-state index in [4.69, 9.17) is 14.9 Å². The first-order valence-electron chi connectivity index (χ1n) is 7.48. The molecule has 124 valence electrons. The van der Waals surface area contributed by atoms with Gasteiger partial charge in [0.2, 0.25) is 0 Å². The third-order valence-electron chi connectivity index (χ3n) is 3.65. The van der Waals surface area contributed by atoms with Crippen LogP contribution in [0.2, 0.25) is 0 Å². The summed E-state index contributed by atoms with van der Waals surface area (Å²) in [6, 6.07) is 21.1. The van der Waals surface area contributed by atoms with E-state index in [9.17, 15) is 9.59 Å². The predicted octanol–water partition coefficient (Wildman–Crippen LogP) is 4.54. The molecule has 0 aliphatic heterocycles. The molecule has 0 aromatic heterocycles. The lowest BCUT2D eigenvalue weighted by molar-refractivity contribution is 0.0651. The molecule has 0 radical (unpaired) electrons. The third-order valence-corrected chi connectivity index (χ3v) is 3.65. The number of ether oxygens (including phenoxy) is 1. The molecule has 2 N–H and O–H groups in total. The Morgan fingerprint density at radius 1 is 0.640 bits per heavy atom. The summed E-state index contributed by atoms with van der Waals surface area (Å²) in [6.07, 6.45) is 0. The molecule has 0 unspecified atom stereocenters. The van der Waals surface area contributed by atoms with Crippen molar-refractivity contribution < 1.29 is 24.5 Å². The van der Waals surface area contributed by atoms with E-state index < -0.39 is 11.9 Å². The molecule has 0 saturated heterocycles. The molecular formula is C20H14O5. The maximum Gasteiger partial charge on any atom is 0.336 e. The van der Waals surface area contributed by atoms with E-state index in [0.717, 1.165) is 11.1 Å². The van der Waals surface area contributed by atoms with Gasteiger partial charge in [-0.05, 0) is 41.5 Å². The van der Waals surface area contributed by atoms with E-state index in [1.54, 1.807) is 12.1 Å². The molecule has 3 aromatic carbocycles. The lowest BCUT2D eigenvalue weighted by Crippen LogP contribution is -2.07. The second kappa shape index (κ2) is 6.88. The summed E-state index contributed by atoms with van der Waals surface area (Å²) in [7, 11) is 0. The van der Waals surface area contributed by atoms with E-state index in [-0.39, 0.29) is 16.9 Å². The minimum Gasteiger partial charge on any atom is -0.478 e. The number of carbonyl (C=O) groups is 2. The summed E-state index contributed by atoms with van der Waals surface area (Å²) in [6.45, 7) is 0. The summed E-state index contributed by atoms with van der Waals surface area (Å²) in [5.74, 6) is -1.83. The van der Waals surface area contributed by atoms with Crippen molar-refractivity contribution in [1.29, 1.82) is 0 Å². The first-order chi connectivity index (χ1) is 12.0. The minimum atomic E-state index is -1.32. The number of benzene rings is 3. The topological polar surface area (TPSA) is 83.8 Å². The van der Waals surface area contributed by atoms with Gasteiger partial charge in [0.25, 0.3) is 0 Å². The lowest BCUT2D eigenvalue weighted by Gasteiger charge is -2.09. The van der Waals surface area contributed by atoms with E-state index in [1.807, 2.05) is 42.5 Å². The van der Waals surface area contributed by atoms with Crippen LogP contribution in [0.3, 0.4) is 0 Å². The fourth-order valence-corrected chi connectivity index (χ4v) is 2.43. The second-order valence-corrected chi connectivity index (χ2v) is 5.31. The molecule has 0 fully saturated rings. The third kappa shape index (κ3) is 3.67. The zero-order valence-corrected chi connectivity index (χ0v) is 13.0. The number of carboxylic acid groups (broad SMARTS) is 2. The molecule has 0 saturated carbocycles. The monoisotopic (exact) mass is 334 g/mol. The average Bonchev–Trinajstić information content (AvgIpc) is 2.63. The quantitative estimate of drug-likeness (QED) is 0.715. The van der Waals surface area contributed by atoms with E-state index in [1.165, 1.54) is 18.2 Å². The van der Waals surface area contributed by atoms with Crippen LogP contribution in [0.1, 0.15) is 20.7 Å². The number of rotatable bonds is 5. The Kier molecular flexibility index (Phi) is 4.48. The molecule has 25 heavy (non-hydrogen) atoms. The van der Waals surface area contributed by atoms with Crippen LogP contribution < -0.4 is 4.74 Å².